The van der Waals surface area contributed by atoms with Crippen LogP contribution in [0.2, 0.25) is 5.02 Å². The van der Waals surface area contributed by atoms with Crippen molar-refractivity contribution in [1.82, 2.24) is 9.29 Å². The second kappa shape index (κ2) is 6.41. The van der Waals surface area contributed by atoms with Crippen molar-refractivity contribution in [3.63, 3.8) is 0 Å². The summed E-state index contributed by atoms with van der Waals surface area (Å²) in [7, 11) is -3.70. The molecule has 22 heavy (non-hydrogen) atoms. The number of morpholine rings is 1. The monoisotopic (exact) mass is 346 g/mol. The van der Waals surface area contributed by atoms with E-state index in [1.165, 1.54) is 22.8 Å². The van der Waals surface area contributed by atoms with Crippen LogP contribution in [0.15, 0.2) is 23.4 Å². The summed E-state index contributed by atoms with van der Waals surface area (Å²) in [5.41, 5.74) is 0. The van der Waals surface area contributed by atoms with Crippen molar-refractivity contribution in [3.05, 3.63) is 23.5 Å². The number of nitrogens with zero attached hydrogens (tertiary/aromatic N) is 2. The molecule has 0 radical (unpaired) electrons. The molecule has 1 saturated heterocycles. The third-order valence-electron chi connectivity index (χ3n) is 4.43. The molecule has 122 valence electrons. The lowest BCUT2D eigenvalue weighted by atomic mass is 9.96. The maximum absolute atomic E-state index is 12.9. The predicted molar refractivity (Wildman–Crippen MR) is 81.1 cm³/mol. The summed E-state index contributed by atoms with van der Waals surface area (Å²) >= 11 is 5.87. The Morgan fingerprint density at radius 2 is 2.18 bits per heavy atom. The second-order valence-electron chi connectivity index (χ2n) is 5.76. The van der Waals surface area contributed by atoms with Gasteiger partial charge in [0.15, 0.2) is 0 Å². The lowest BCUT2D eigenvalue weighted by Gasteiger charge is -2.38. The van der Waals surface area contributed by atoms with Gasteiger partial charge in [-0.05, 0) is 18.9 Å². The molecule has 0 aromatic carbocycles. The van der Waals surface area contributed by atoms with Gasteiger partial charge in [-0.3, -0.25) is 4.98 Å². The lowest BCUT2D eigenvalue weighted by Crippen LogP contribution is -2.53. The Labute approximate surface area is 135 Å². The number of aliphatic hydroxyl groups is 1. The van der Waals surface area contributed by atoms with Crippen LogP contribution in [0.5, 0.6) is 0 Å². The molecule has 3 rings (SSSR count). The number of aromatic nitrogens is 1. The zero-order valence-corrected chi connectivity index (χ0v) is 13.6. The standard InChI is InChI=1S/C14H19ClN2O4S/c15-10-6-11(8-16-7-10)22(19,20)17-4-5-21-9-13(17)12-2-1-3-14(12)18/h6-8,12-14,18H,1-5,9H2/t12-,13-,14-/m1/s1. The molecule has 8 heteroatoms. The Hall–Kier alpha value is -0.730. The highest BCUT2D eigenvalue weighted by Gasteiger charge is 2.42. The van der Waals surface area contributed by atoms with Gasteiger partial charge in [0.05, 0.1) is 30.4 Å². The first-order chi connectivity index (χ1) is 10.5. The molecule has 2 fully saturated rings. The van der Waals surface area contributed by atoms with Crippen molar-refractivity contribution >= 4 is 21.6 Å². The molecule has 0 spiro atoms. The van der Waals surface area contributed by atoms with Gasteiger partial charge in [-0.15, -0.1) is 0 Å². The van der Waals surface area contributed by atoms with E-state index in [-0.39, 0.29) is 28.4 Å². The smallest absolute Gasteiger partial charge is 0.245 e. The summed E-state index contributed by atoms with van der Waals surface area (Å²) in [6.45, 7) is 0.949. The fourth-order valence-electron chi connectivity index (χ4n) is 3.33. The summed E-state index contributed by atoms with van der Waals surface area (Å²) in [5, 5.41) is 10.4. The Kier molecular flexibility index (Phi) is 4.70. The topological polar surface area (TPSA) is 79.7 Å². The number of hydrogen-bond donors (Lipinski definition) is 1. The number of ether oxygens (including phenoxy) is 1. The molecular formula is C14H19ClN2O4S. The summed E-state index contributed by atoms with van der Waals surface area (Å²) in [6, 6.07) is 1.07. The van der Waals surface area contributed by atoms with Crippen LogP contribution in [0.1, 0.15) is 19.3 Å². The van der Waals surface area contributed by atoms with Gasteiger partial charge in [0.1, 0.15) is 4.90 Å². The van der Waals surface area contributed by atoms with Crippen molar-refractivity contribution in [2.24, 2.45) is 5.92 Å². The largest absolute Gasteiger partial charge is 0.393 e. The number of rotatable bonds is 3. The fourth-order valence-corrected chi connectivity index (χ4v) is 5.20. The van der Waals surface area contributed by atoms with Crippen LogP contribution in [-0.2, 0) is 14.8 Å². The first-order valence-electron chi connectivity index (χ1n) is 7.38. The van der Waals surface area contributed by atoms with Crippen molar-refractivity contribution < 1.29 is 18.3 Å². The highest BCUT2D eigenvalue weighted by molar-refractivity contribution is 7.89. The Balaban J connectivity index is 1.92. The van der Waals surface area contributed by atoms with E-state index in [1.54, 1.807) is 0 Å². The van der Waals surface area contributed by atoms with Crippen LogP contribution < -0.4 is 0 Å². The second-order valence-corrected chi connectivity index (χ2v) is 8.09. The molecule has 1 aromatic rings. The van der Waals surface area contributed by atoms with Crippen molar-refractivity contribution in [3.8, 4) is 0 Å². The van der Waals surface area contributed by atoms with Crippen LogP contribution in [-0.4, -0.2) is 54.7 Å². The quantitative estimate of drug-likeness (QED) is 0.892. The molecule has 3 atom stereocenters. The molecule has 1 aromatic heterocycles. The summed E-state index contributed by atoms with van der Waals surface area (Å²) < 4.78 is 32.7. The van der Waals surface area contributed by atoms with Gasteiger partial charge in [-0.1, -0.05) is 18.0 Å². The summed E-state index contributed by atoms with van der Waals surface area (Å²) in [5.74, 6) is -0.0813. The van der Waals surface area contributed by atoms with Crippen LogP contribution in [0.3, 0.4) is 0 Å². The van der Waals surface area contributed by atoms with Gasteiger partial charge < -0.3 is 9.84 Å². The van der Waals surface area contributed by atoms with Crippen molar-refractivity contribution in [2.75, 3.05) is 19.8 Å². The number of sulfonamides is 1. The maximum Gasteiger partial charge on any atom is 0.245 e. The molecule has 6 nitrogen and oxygen atoms in total. The predicted octanol–water partition coefficient (Wildman–Crippen LogP) is 1.29. The van der Waals surface area contributed by atoms with E-state index in [2.05, 4.69) is 4.98 Å². The molecule has 2 heterocycles. The van der Waals surface area contributed by atoms with E-state index < -0.39 is 16.1 Å². The first-order valence-corrected chi connectivity index (χ1v) is 9.20. The SMILES string of the molecule is O=S(=O)(c1cncc(Cl)c1)N1CCOC[C@@H]1[C@H]1CCC[C@H]1O. The molecule has 1 aliphatic carbocycles. The van der Waals surface area contributed by atoms with E-state index in [0.717, 1.165) is 12.8 Å². The summed E-state index contributed by atoms with van der Waals surface area (Å²) in [4.78, 5) is 3.95. The average molecular weight is 347 g/mol. The van der Waals surface area contributed by atoms with Gasteiger partial charge >= 0.3 is 0 Å². The van der Waals surface area contributed by atoms with Gasteiger partial charge in [-0.25, -0.2) is 8.42 Å². The van der Waals surface area contributed by atoms with E-state index in [4.69, 9.17) is 16.3 Å². The Morgan fingerprint density at radius 1 is 1.36 bits per heavy atom. The zero-order valence-electron chi connectivity index (χ0n) is 12.1. The minimum absolute atomic E-state index is 0.0813. The molecule has 0 unspecified atom stereocenters. The van der Waals surface area contributed by atoms with Crippen molar-refractivity contribution in [1.29, 1.82) is 0 Å². The molecule has 0 amide bonds. The molecule has 1 aliphatic heterocycles. The molecular weight excluding hydrogens is 328 g/mol. The summed E-state index contributed by atoms with van der Waals surface area (Å²) in [6.07, 6.45) is 4.68. The normalized spacial score (nSPS) is 30.5. The Bertz CT molecular complexity index is 639. The van der Waals surface area contributed by atoms with Crippen LogP contribution in [0.4, 0.5) is 0 Å². The van der Waals surface area contributed by atoms with Crippen LogP contribution >= 0.6 is 11.6 Å². The van der Waals surface area contributed by atoms with Gasteiger partial charge in [0, 0.05) is 24.9 Å². The highest BCUT2D eigenvalue weighted by atomic mass is 35.5. The molecule has 2 aliphatic rings. The Morgan fingerprint density at radius 3 is 2.86 bits per heavy atom. The number of aliphatic hydroxyl groups excluding tert-OH is 1. The highest BCUT2D eigenvalue weighted by Crippen LogP contribution is 2.34. The number of pyridine rings is 1. The van der Waals surface area contributed by atoms with E-state index in [1.807, 2.05) is 0 Å². The number of hydrogen-bond acceptors (Lipinski definition) is 5. The minimum atomic E-state index is -3.70. The van der Waals surface area contributed by atoms with Crippen LogP contribution in [0.25, 0.3) is 0 Å². The van der Waals surface area contributed by atoms with E-state index in [0.29, 0.717) is 19.6 Å². The zero-order chi connectivity index (χ0) is 15.7. The minimum Gasteiger partial charge on any atom is -0.393 e. The molecule has 1 saturated carbocycles. The fraction of sp³-hybridized carbons (Fsp3) is 0.643. The first kappa shape index (κ1) is 16.1. The third kappa shape index (κ3) is 3.00. The lowest BCUT2D eigenvalue weighted by molar-refractivity contribution is -0.0148. The van der Waals surface area contributed by atoms with Gasteiger partial charge in [0.25, 0.3) is 0 Å². The van der Waals surface area contributed by atoms with Gasteiger partial charge in [-0.2, -0.15) is 4.31 Å². The van der Waals surface area contributed by atoms with Crippen molar-refractivity contribution in [2.45, 2.75) is 36.3 Å². The third-order valence-corrected chi connectivity index (χ3v) is 6.52. The number of halogens is 1. The average Bonchev–Trinajstić information content (AvgIpc) is 2.93. The molecule has 1 N–H and O–H groups in total. The maximum atomic E-state index is 12.9. The van der Waals surface area contributed by atoms with Crippen LogP contribution in [0, 0.1) is 5.92 Å². The van der Waals surface area contributed by atoms with E-state index in [9.17, 15) is 13.5 Å². The van der Waals surface area contributed by atoms with Gasteiger partial charge in [0.2, 0.25) is 10.0 Å². The van der Waals surface area contributed by atoms with E-state index >= 15 is 0 Å². The molecule has 0 bridgehead atoms.